The fourth-order valence-corrected chi connectivity index (χ4v) is 2.49. The Morgan fingerprint density at radius 1 is 1.17 bits per heavy atom. The number of hydrogen-bond donors (Lipinski definition) is 0. The van der Waals surface area contributed by atoms with Crippen molar-refractivity contribution in [1.29, 1.82) is 0 Å². The van der Waals surface area contributed by atoms with Gasteiger partial charge in [-0.3, -0.25) is 14.5 Å². The van der Waals surface area contributed by atoms with Gasteiger partial charge >= 0.3 is 0 Å². The number of hydrogen-bond acceptors (Lipinski definition) is 3. The summed E-state index contributed by atoms with van der Waals surface area (Å²) in [4.78, 5) is 25.6. The quantitative estimate of drug-likeness (QED) is 0.556. The van der Waals surface area contributed by atoms with Gasteiger partial charge in [-0.1, -0.05) is 32.3 Å². The molecule has 0 N–H and O–H groups in total. The molecule has 0 aliphatic carbocycles. The minimum atomic E-state index is -0.275. The number of benzene rings is 1. The van der Waals surface area contributed by atoms with E-state index >= 15 is 0 Å². The summed E-state index contributed by atoms with van der Waals surface area (Å²) in [5.74, 6) is 0.346. The Morgan fingerprint density at radius 2 is 1.96 bits per heavy atom. The van der Waals surface area contributed by atoms with Crippen LogP contribution in [0.2, 0.25) is 0 Å². The second kappa shape index (κ2) is 9.13. The summed E-state index contributed by atoms with van der Waals surface area (Å²) in [5, 5.41) is 0. The van der Waals surface area contributed by atoms with Crippen LogP contribution >= 0.6 is 0 Å². The molecule has 0 saturated heterocycles. The Labute approximate surface area is 138 Å². The largest absolute Gasteiger partial charge is 0.494 e. The summed E-state index contributed by atoms with van der Waals surface area (Å²) >= 11 is 0. The zero-order valence-electron chi connectivity index (χ0n) is 13.8. The van der Waals surface area contributed by atoms with Crippen LogP contribution < -0.4 is 4.74 Å². The maximum atomic E-state index is 12.4. The van der Waals surface area contributed by atoms with Crippen LogP contribution in [0.15, 0.2) is 36.5 Å². The lowest BCUT2D eigenvalue weighted by atomic mass is 10.2. The third-order valence-corrected chi connectivity index (χ3v) is 3.87. The number of carbonyl (C=O) groups excluding carboxylic acids is 2. The van der Waals surface area contributed by atoms with Crippen LogP contribution in [0.1, 0.15) is 62.2 Å². The number of imide groups is 1. The molecule has 124 valence electrons. The lowest BCUT2D eigenvalue weighted by Crippen LogP contribution is -2.31. The fourth-order valence-electron chi connectivity index (χ4n) is 2.49. The summed E-state index contributed by atoms with van der Waals surface area (Å²) in [6.45, 7) is 2.88. The van der Waals surface area contributed by atoms with Crippen LogP contribution in [0.25, 0.3) is 0 Å². The highest BCUT2D eigenvalue weighted by Crippen LogP contribution is 2.17. The fraction of sp³-hybridized carbons (Fsp3) is 0.474. The standard InChI is InChI=1S/C19H25NO3/c1-2-3-4-8-15-23-17-12-10-16(11-13-17)19(22)20-14-7-5-6-9-18(20)21/h7,10-14H,2-6,8-9,15H2,1H3. The molecule has 23 heavy (non-hydrogen) atoms. The molecule has 0 spiro atoms. The molecule has 1 aromatic carbocycles. The zero-order valence-corrected chi connectivity index (χ0v) is 13.8. The van der Waals surface area contributed by atoms with Gasteiger partial charge in [0.2, 0.25) is 5.91 Å². The third-order valence-electron chi connectivity index (χ3n) is 3.87. The predicted octanol–water partition coefficient (Wildman–Crippen LogP) is 4.31. The second-order valence-electron chi connectivity index (χ2n) is 5.78. The van der Waals surface area contributed by atoms with Gasteiger partial charge in [0.25, 0.3) is 5.91 Å². The average Bonchev–Trinajstić information content (AvgIpc) is 2.79. The summed E-state index contributed by atoms with van der Waals surface area (Å²) in [7, 11) is 0. The van der Waals surface area contributed by atoms with Crippen LogP contribution in [0.5, 0.6) is 5.75 Å². The monoisotopic (exact) mass is 315 g/mol. The summed E-state index contributed by atoms with van der Waals surface area (Å²) in [6.07, 6.45) is 10.2. The van der Waals surface area contributed by atoms with Crippen molar-refractivity contribution >= 4 is 11.8 Å². The van der Waals surface area contributed by atoms with Gasteiger partial charge in [-0.25, -0.2) is 0 Å². The van der Waals surface area contributed by atoms with Gasteiger partial charge < -0.3 is 4.74 Å². The normalized spacial score (nSPS) is 14.7. The molecular weight excluding hydrogens is 290 g/mol. The van der Waals surface area contributed by atoms with Crippen molar-refractivity contribution in [2.45, 2.75) is 51.9 Å². The minimum Gasteiger partial charge on any atom is -0.494 e. The molecule has 0 radical (unpaired) electrons. The van der Waals surface area contributed by atoms with Crippen molar-refractivity contribution in [3.05, 3.63) is 42.1 Å². The van der Waals surface area contributed by atoms with Crippen LogP contribution in [0, 0.1) is 0 Å². The summed E-state index contributed by atoms with van der Waals surface area (Å²) in [6, 6.07) is 7.02. The van der Waals surface area contributed by atoms with Crippen molar-refractivity contribution in [2.24, 2.45) is 0 Å². The molecule has 1 aliphatic heterocycles. The van der Waals surface area contributed by atoms with Crippen molar-refractivity contribution in [2.75, 3.05) is 6.61 Å². The Balaban J connectivity index is 1.90. The number of amides is 2. The highest BCUT2D eigenvalue weighted by molar-refractivity contribution is 6.05. The summed E-state index contributed by atoms with van der Waals surface area (Å²) in [5.41, 5.74) is 0.503. The van der Waals surface area contributed by atoms with E-state index in [-0.39, 0.29) is 11.8 Å². The maximum absolute atomic E-state index is 12.4. The average molecular weight is 315 g/mol. The first-order valence-corrected chi connectivity index (χ1v) is 8.48. The number of allylic oxidation sites excluding steroid dienone is 1. The first-order valence-electron chi connectivity index (χ1n) is 8.48. The van der Waals surface area contributed by atoms with E-state index in [1.54, 1.807) is 30.5 Å². The van der Waals surface area contributed by atoms with E-state index in [1.807, 2.05) is 6.08 Å². The molecule has 2 amide bonds. The zero-order chi connectivity index (χ0) is 16.5. The van der Waals surface area contributed by atoms with Crippen molar-refractivity contribution < 1.29 is 14.3 Å². The Hall–Kier alpha value is -2.10. The van der Waals surface area contributed by atoms with Gasteiger partial charge in [0, 0.05) is 18.2 Å². The number of nitrogens with zero attached hydrogens (tertiary/aromatic N) is 1. The van der Waals surface area contributed by atoms with Gasteiger partial charge in [-0.2, -0.15) is 0 Å². The Bertz CT molecular complexity index is 548. The molecule has 0 saturated carbocycles. The van der Waals surface area contributed by atoms with E-state index in [2.05, 4.69) is 6.92 Å². The molecule has 1 aromatic rings. The lowest BCUT2D eigenvalue weighted by molar-refractivity contribution is -0.126. The SMILES string of the molecule is CCCCCCOc1ccc(C(=O)N2C=CCCCC2=O)cc1. The van der Waals surface area contributed by atoms with Crippen LogP contribution in [-0.2, 0) is 4.79 Å². The van der Waals surface area contributed by atoms with Crippen LogP contribution in [0.4, 0.5) is 0 Å². The molecule has 0 fully saturated rings. The molecule has 0 bridgehead atoms. The van der Waals surface area contributed by atoms with Crippen LogP contribution in [-0.4, -0.2) is 23.3 Å². The lowest BCUT2D eigenvalue weighted by Gasteiger charge is -2.15. The maximum Gasteiger partial charge on any atom is 0.264 e. The molecular formula is C19H25NO3. The molecule has 4 nitrogen and oxygen atoms in total. The minimum absolute atomic E-state index is 0.139. The number of unbranched alkanes of at least 4 members (excludes halogenated alkanes) is 3. The molecule has 4 heteroatoms. The molecule has 0 aromatic heterocycles. The van der Waals surface area contributed by atoms with Gasteiger partial charge in [-0.05, 0) is 43.5 Å². The van der Waals surface area contributed by atoms with Crippen molar-refractivity contribution in [1.82, 2.24) is 4.90 Å². The van der Waals surface area contributed by atoms with Gasteiger partial charge in [-0.15, -0.1) is 0 Å². The third kappa shape index (κ3) is 5.23. The van der Waals surface area contributed by atoms with E-state index < -0.39 is 0 Å². The first-order chi connectivity index (χ1) is 11.2. The topological polar surface area (TPSA) is 46.6 Å². The molecule has 1 heterocycles. The van der Waals surface area contributed by atoms with E-state index in [0.29, 0.717) is 18.6 Å². The predicted molar refractivity (Wildman–Crippen MR) is 90.2 cm³/mol. The Kier molecular flexibility index (Phi) is 6.85. The van der Waals surface area contributed by atoms with Crippen molar-refractivity contribution in [3.63, 3.8) is 0 Å². The number of ether oxygens (including phenoxy) is 1. The molecule has 0 unspecified atom stereocenters. The number of rotatable bonds is 7. The second-order valence-corrected chi connectivity index (χ2v) is 5.78. The molecule has 1 aliphatic rings. The van der Waals surface area contributed by atoms with E-state index in [1.165, 1.54) is 24.2 Å². The molecule has 2 rings (SSSR count). The summed E-state index contributed by atoms with van der Waals surface area (Å²) < 4.78 is 5.67. The number of carbonyl (C=O) groups is 2. The van der Waals surface area contributed by atoms with E-state index in [0.717, 1.165) is 25.0 Å². The highest BCUT2D eigenvalue weighted by atomic mass is 16.5. The van der Waals surface area contributed by atoms with Crippen LogP contribution in [0.3, 0.4) is 0 Å². The Morgan fingerprint density at radius 3 is 2.70 bits per heavy atom. The first kappa shape index (κ1) is 17.3. The highest BCUT2D eigenvalue weighted by Gasteiger charge is 2.21. The molecule has 0 atom stereocenters. The van der Waals surface area contributed by atoms with E-state index in [4.69, 9.17) is 4.74 Å². The smallest absolute Gasteiger partial charge is 0.264 e. The van der Waals surface area contributed by atoms with Crippen molar-refractivity contribution in [3.8, 4) is 5.75 Å². The van der Waals surface area contributed by atoms with Gasteiger partial charge in [0.05, 0.1) is 6.61 Å². The van der Waals surface area contributed by atoms with E-state index in [9.17, 15) is 9.59 Å². The van der Waals surface area contributed by atoms with Gasteiger partial charge in [0.15, 0.2) is 0 Å². The van der Waals surface area contributed by atoms with Gasteiger partial charge in [0.1, 0.15) is 5.75 Å².